The number of anilines is 1. The average Bonchev–Trinajstić information content (AvgIpc) is 3.25. The molecule has 6 nitrogen and oxygen atoms in total. The summed E-state index contributed by atoms with van der Waals surface area (Å²) in [5, 5.41) is 7.91. The largest absolute Gasteiger partial charge is 0.444 e. The van der Waals surface area contributed by atoms with E-state index in [1.807, 2.05) is 43.7 Å². The number of rotatable bonds is 5. The Morgan fingerprint density at radius 2 is 1.97 bits per heavy atom. The minimum Gasteiger partial charge on any atom is -0.444 e. The summed E-state index contributed by atoms with van der Waals surface area (Å²) in [7, 11) is 0. The fourth-order valence-corrected chi connectivity index (χ4v) is 4.07. The van der Waals surface area contributed by atoms with E-state index in [4.69, 9.17) is 9.84 Å². The van der Waals surface area contributed by atoms with Crippen LogP contribution in [0.2, 0.25) is 0 Å². The molecule has 1 N–H and O–H groups in total. The molecular formula is C23H32N4O2. The number of benzene rings is 1. The molecule has 0 unspecified atom stereocenters. The normalized spacial score (nSPS) is 19.8. The first-order valence-electron chi connectivity index (χ1n) is 10.8. The first-order chi connectivity index (χ1) is 13.9. The van der Waals surface area contributed by atoms with Crippen LogP contribution in [0, 0.1) is 5.92 Å². The van der Waals surface area contributed by atoms with Gasteiger partial charge in [-0.15, -0.1) is 0 Å². The molecule has 156 valence electrons. The number of ether oxygens (including phenoxy) is 1. The summed E-state index contributed by atoms with van der Waals surface area (Å²) in [6.07, 6.45) is 6.68. The van der Waals surface area contributed by atoms with Gasteiger partial charge in [0.15, 0.2) is 0 Å². The quantitative estimate of drug-likeness (QED) is 0.809. The lowest BCUT2D eigenvalue weighted by Gasteiger charge is -2.27. The van der Waals surface area contributed by atoms with Crippen molar-refractivity contribution < 1.29 is 9.53 Å². The van der Waals surface area contributed by atoms with E-state index in [1.54, 1.807) is 0 Å². The van der Waals surface area contributed by atoms with Gasteiger partial charge in [-0.25, -0.2) is 9.48 Å². The molecule has 2 aliphatic rings. The van der Waals surface area contributed by atoms with Crippen LogP contribution < -0.4 is 10.2 Å². The van der Waals surface area contributed by atoms with Crippen LogP contribution >= 0.6 is 0 Å². The second kappa shape index (κ2) is 8.09. The number of para-hydroxylation sites is 1. The lowest BCUT2D eigenvalue weighted by Crippen LogP contribution is -2.36. The van der Waals surface area contributed by atoms with Crippen LogP contribution in [0.3, 0.4) is 0 Å². The summed E-state index contributed by atoms with van der Waals surface area (Å²) in [5.74, 6) is 1.01. The van der Waals surface area contributed by atoms with Gasteiger partial charge in [-0.2, -0.15) is 5.10 Å². The number of aromatic nitrogens is 2. The first kappa shape index (κ1) is 19.8. The molecule has 1 atom stereocenters. The number of hydrogen-bond donors (Lipinski definition) is 1. The molecule has 2 aromatic rings. The number of carbonyl (C=O) groups excluding carboxylic acids is 1. The van der Waals surface area contributed by atoms with E-state index in [9.17, 15) is 4.79 Å². The number of nitrogens with one attached hydrogen (secondary N) is 1. The van der Waals surface area contributed by atoms with E-state index in [-0.39, 0.29) is 6.09 Å². The number of amides is 1. The van der Waals surface area contributed by atoms with Gasteiger partial charge in [-0.05, 0) is 58.1 Å². The third-order valence-electron chi connectivity index (χ3n) is 5.80. The second-order valence-corrected chi connectivity index (χ2v) is 9.29. The van der Waals surface area contributed by atoms with Gasteiger partial charge in [-0.1, -0.05) is 24.6 Å². The number of carbonyl (C=O) groups is 1. The zero-order valence-corrected chi connectivity index (χ0v) is 17.7. The van der Waals surface area contributed by atoms with Crippen LogP contribution in [0.25, 0.3) is 5.69 Å². The van der Waals surface area contributed by atoms with Crippen LogP contribution in [-0.4, -0.2) is 41.1 Å². The summed E-state index contributed by atoms with van der Waals surface area (Å²) in [6, 6.07) is 10.3. The SMILES string of the molecule is CC(C)(C)OC(=O)NC[C@H]1CCN(c2cn(-c3ccccc3)nc2C2CCC2)C1. The average molecular weight is 397 g/mol. The van der Waals surface area contributed by atoms with Crippen molar-refractivity contribution in [3.8, 4) is 5.69 Å². The Hall–Kier alpha value is -2.50. The lowest BCUT2D eigenvalue weighted by atomic mass is 9.82. The van der Waals surface area contributed by atoms with Gasteiger partial charge in [0.1, 0.15) is 5.60 Å². The Bertz CT molecular complexity index is 836. The Morgan fingerprint density at radius 3 is 2.62 bits per heavy atom. The summed E-state index contributed by atoms with van der Waals surface area (Å²) in [5.41, 5.74) is 3.14. The van der Waals surface area contributed by atoms with Crippen LogP contribution in [0.4, 0.5) is 10.5 Å². The van der Waals surface area contributed by atoms with E-state index in [2.05, 4.69) is 28.5 Å². The minimum absolute atomic E-state index is 0.331. The van der Waals surface area contributed by atoms with Gasteiger partial charge < -0.3 is 15.0 Å². The molecular weight excluding hydrogens is 364 g/mol. The Balaban J connectivity index is 1.43. The summed E-state index contributed by atoms with van der Waals surface area (Å²) in [4.78, 5) is 14.4. The highest BCUT2D eigenvalue weighted by atomic mass is 16.6. The molecule has 2 fully saturated rings. The molecule has 6 heteroatoms. The zero-order chi connectivity index (χ0) is 20.4. The highest BCUT2D eigenvalue weighted by Crippen LogP contribution is 2.41. The Labute approximate surface area is 173 Å². The molecule has 29 heavy (non-hydrogen) atoms. The van der Waals surface area contributed by atoms with Crippen LogP contribution in [0.5, 0.6) is 0 Å². The molecule has 0 radical (unpaired) electrons. The molecule has 1 aliphatic carbocycles. The Morgan fingerprint density at radius 1 is 1.21 bits per heavy atom. The molecule has 1 saturated heterocycles. The molecule has 1 aromatic carbocycles. The monoisotopic (exact) mass is 396 g/mol. The molecule has 0 bridgehead atoms. The summed E-state index contributed by atoms with van der Waals surface area (Å²) >= 11 is 0. The van der Waals surface area contributed by atoms with Gasteiger partial charge in [0.05, 0.1) is 23.3 Å². The number of hydrogen-bond acceptors (Lipinski definition) is 4. The molecule has 2 heterocycles. The second-order valence-electron chi connectivity index (χ2n) is 9.29. The van der Waals surface area contributed by atoms with Gasteiger partial charge >= 0.3 is 6.09 Å². The minimum atomic E-state index is -0.463. The molecule has 1 amide bonds. The lowest BCUT2D eigenvalue weighted by molar-refractivity contribution is 0.0520. The zero-order valence-electron chi connectivity index (χ0n) is 17.7. The van der Waals surface area contributed by atoms with Gasteiger partial charge in [-0.3, -0.25) is 0 Å². The molecule has 4 rings (SSSR count). The van der Waals surface area contributed by atoms with Crippen molar-refractivity contribution in [3.63, 3.8) is 0 Å². The van der Waals surface area contributed by atoms with Crippen molar-refractivity contribution in [2.75, 3.05) is 24.5 Å². The predicted molar refractivity (Wildman–Crippen MR) is 115 cm³/mol. The van der Waals surface area contributed by atoms with E-state index < -0.39 is 5.60 Å². The maximum atomic E-state index is 12.0. The summed E-state index contributed by atoms with van der Waals surface area (Å²) < 4.78 is 7.38. The third-order valence-corrected chi connectivity index (χ3v) is 5.80. The van der Waals surface area contributed by atoms with E-state index >= 15 is 0 Å². The topological polar surface area (TPSA) is 59.4 Å². The smallest absolute Gasteiger partial charge is 0.407 e. The number of nitrogens with zero attached hydrogens (tertiary/aromatic N) is 3. The molecule has 1 aliphatic heterocycles. The van der Waals surface area contributed by atoms with Gasteiger partial charge in [0, 0.05) is 25.6 Å². The Kier molecular flexibility index (Phi) is 5.52. The van der Waals surface area contributed by atoms with Crippen molar-refractivity contribution in [3.05, 3.63) is 42.2 Å². The standard InChI is InChI=1S/C23H32N4O2/c1-23(2,3)29-22(28)24-14-17-12-13-26(15-17)20-16-27(19-10-5-4-6-11-19)25-21(20)18-8-7-9-18/h4-6,10-11,16-18H,7-9,12-15H2,1-3H3,(H,24,28)/t17-/m1/s1. The van der Waals surface area contributed by atoms with Crippen molar-refractivity contribution in [2.45, 2.75) is 58.0 Å². The summed E-state index contributed by atoms with van der Waals surface area (Å²) in [6.45, 7) is 8.25. The van der Waals surface area contributed by atoms with E-state index in [0.717, 1.165) is 25.2 Å². The third kappa shape index (κ3) is 4.74. The van der Waals surface area contributed by atoms with Crippen LogP contribution in [0.1, 0.15) is 58.1 Å². The van der Waals surface area contributed by atoms with Crippen molar-refractivity contribution in [1.82, 2.24) is 15.1 Å². The first-order valence-corrected chi connectivity index (χ1v) is 10.8. The van der Waals surface area contributed by atoms with Crippen LogP contribution in [-0.2, 0) is 4.74 Å². The highest BCUT2D eigenvalue weighted by Gasteiger charge is 2.31. The van der Waals surface area contributed by atoms with E-state index in [0.29, 0.717) is 18.4 Å². The predicted octanol–water partition coefficient (Wildman–Crippen LogP) is 4.49. The molecule has 0 spiro atoms. The van der Waals surface area contributed by atoms with Crippen molar-refractivity contribution in [1.29, 1.82) is 0 Å². The van der Waals surface area contributed by atoms with Gasteiger partial charge in [0.2, 0.25) is 0 Å². The van der Waals surface area contributed by atoms with Crippen molar-refractivity contribution >= 4 is 11.8 Å². The molecule has 1 aromatic heterocycles. The maximum Gasteiger partial charge on any atom is 0.407 e. The fraction of sp³-hybridized carbons (Fsp3) is 0.565. The van der Waals surface area contributed by atoms with Gasteiger partial charge in [0.25, 0.3) is 0 Å². The highest BCUT2D eigenvalue weighted by molar-refractivity contribution is 5.67. The van der Waals surface area contributed by atoms with Crippen molar-refractivity contribution in [2.24, 2.45) is 5.92 Å². The fourth-order valence-electron chi connectivity index (χ4n) is 4.07. The number of alkyl carbamates (subject to hydrolysis) is 1. The van der Waals surface area contributed by atoms with Crippen LogP contribution in [0.15, 0.2) is 36.5 Å². The van der Waals surface area contributed by atoms with E-state index in [1.165, 1.54) is 30.6 Å². The molecule has 1 saturated carbocycles. The maximum absolute atomic E-state index is 12.0.